The molecule has 0 bridgehead atoms. The highest BCUT2D eigenvalue weighted by Crippen LogP contribution is 2.49. The molecule has 0 spiro atoms. The summed E-state index contributed by atoms with van der Waals surface area (Å²) in [5, 5.41) is 14.1. The monoisotopic (exact) mass is 253 g/mol. The molecule has 0 unspecified atom stereocenters. The lowest BCUT2D eigenvalue weighted by Gasteiger charge is -2.14. The summed E-state index contributed by atoms with van der Waals surface area (Å²) in [6.45, 7) is 1.89. The van der Waals surface area contributed by atoms with Crippen LogP contribution in [0.5, 0.6) is 0 Å². The van der Waals surface area contributed by atoms with Gasteiger partial charge in [-0.1, -0.05) is 11.3 Å². The number of aromatic nitrogens is 2. The third-order valence-electron chi connectivity index (χ3n) is 3.78. The highest BCUT2D eigenvalue weighted by atomic mass is 32.1. The Morgan fingerprint density at radius 3 is 2.88 bits per heavy atom. The van der Waals surface area contributed by atoms with Crippen molar-refractivity contribution in [3.05, 3.63) is 5.01 Å². The summed E-state index contributed by atoms with van der Waals surface area (Å²) in [5.41, 5.74) is 0.474. The van der Waals surface area contributed by atoms with Gasteiger partial charge in [0.25, 0.3) is 0 Å². The van der Waals surface area contributed by atoms with Crippen LogP contribution in [0.2, 0.25) is 0 Å². The molecule has 0 aliphatic heterocycles. The van der Waals surface area contributed by atoms with E-state index < -0.39 is 0 Å². The maximum Gasteiger partial charge on any atom is 0.205 e. The summed E-state index contributed by atoms with van der Waals surface area (Å²) in [5.74, 6) is 0.714. The number of hydrogen-bond donors (Lipinski definition) is 1. The number of nitrogens with one attached hydrogen (secondary N) is 1. The van der Waals surface area contributed by atoms with Crippen LogP contribution in [0.15, 0.2) is 0 Å². The van der Waals surface area contributed by atoms with Gasteiger partial charge in [0, 0.05) is 26.2 Å². The average molecular weight is 253 g/mol. The van der Waals surface area contributed by atoms with E-state index in [4.69, 9.17) is 4.74 Å². The summed E-state index contributed by atoms with van der Waals surface area (Å²) in [7, 11) is 1.77. The molecule has 94 valence electrons. The van der Waals surface area contributed by atoms with Crippen LogP contribution in [0.4, 0.5) is 5.13 Å². The Morgan fingerprint density at radius 2 is 2.24 bits per heavy atom. The Labute approximate surface area is 106 Å². The van der Waals surface area contributed by atoms with Crippen LogP contribution in [-0.4, -0.2) is 30.5 Å². The van der Waals surface area contributed by atoms with Gasteiger partial charge in [-0.05, 0) is 37.5 Å². The molecule has 1 heterocycles. The Morgan fingerprint density at radius 1 is 1.41 bits per heavy atom. The number of hydrogen-bond acceptors (Lipinski definition) is 5. The molecule has 1 N–H and O–H groups in total. The van der Waals surface area contributed by atoms with Gasteiger partial charge in [0.1, 0.15) is 5.01 Å². The molecule has 0 radical (unpaired) electrons. The molecular weight excluding hydrogens is 234 g/mol. The summed E-state index contributed by atoms with van der Waals surface area (Å²) < 4.78 is 5.16. The van der Waals surface area contributed by atoms with E-state index in [0.29, 0.717) is 11.3 Å². The van der Waals surface area contributed by atoms with Gasteiger partial charge in [0.15, 0.2) is 0 Å². The van der Waals surface area contributed by atoms with E-state index in [1.165, 1.54) is 30.7 Å². The van der Waals surface area contributed by atoms with Crippen LogP contribution in [0.1, 0.15) is 43.0 Å². The molecule has 17 heavy (non-hydrogen) atoms. The van der Waals surface area contributed by atoms with Crippen molar-refractivity contribution in [2.75, 3.05) is 25.6 Å². The van der Waals surface area contributed by atoms with E-state index in [0.717, 1.165) is 24.7 Å². The van der Waals surface area contributed by atoms with E-state index in [9.17, 15) is 0 Å². The molecule has 1 aromatic heterocycles. The van der Waals surface area contributed by atoms with Gasteiger partial charge in [0.2, 0.25) is 5.13 Å². The van der Waals surface area contributed by atoms with E-state index in [1.807, 2.05) is 0 Å². The SMILES string of the molecule is COCCC1(CNc2nnc(C3CC3)s2)CC1. The predicted octanol–water partition coefficient (Wildman–Crippen LogP) is 2.64. The zero-order chi connectivity index (χ0) is 11.7. The lowest BCUT2D eigenvalue weighted by Crippen LogP contribution is -2.17. The number of nitrogens with zero attached hydrogens (tertiary/aromatic N) is 2. The van der Waals surface area contributed by atoms with Crippen LogP contribution in [0.25, 0.3) is 0 Å². The summed E-state index contributed by atoms with van der Waals surface area (Å²) in [6.07, 6.45) is 6.39. The zero-order valence-corrected chi connectivity index (χ0v) is 11.1. The molecular formula is C12H19N3OS. The molecule has 2 fully saturated rings. The van der Waals surface area contributed by atoms with Gasteiger partial charge >= 0.3 is 0 Å². The maximum atomic E-state index is 5.16. The molecule has 0 aromatic carbocycles. The summed E-state index contributed by atoms with van der Waals surface area (Å²) >= 11 is 1.73. The van der Waals surface area contributed by atoms with E-state index >= 15 is 0 Å². The second kappa shape index (κ2) is 4.53. The molecule has 0 amide bonds. The number of rotatable bonds is 7. The van der Waals surface area contributed by atoms with Crippen molar-refractivity contribution in [2.24, 2.45) is 5.41 Å². The molecule has 3 rings (SSSR count). The highest BCUT2D eigenvalue weighted by Gasteiger charge is 2.42. The largest absolute Gasteiger partial charge is 0.385 e. The quantitative estimate of drug-likeness (QED) is 0.811. The van der Waals surface area contributed by atoms with Crippen LogP contribution in [0, 0.1) is 5.41 Å². The molecule has 2 aliphatic carbocycles. The number of anilines is 1. The fraction of sp³-hybridized carbons (Fsp3) is 0.833. The van der Waals surface area contributed by atoms with Crippen molar-refractivity contribution < 1.29 is 4.74 Å². The smallest absolute Gasteiger partial charge is 0.205 e. The van der Waals surface area contributed by atoms with Crippen LogP contribution < -0.4 is 5.32 Å². The Kier molecular flexibility index (Phi) is 3.04. The molecule has 1 aromatic rings. The fourth-order valence-corrected chi connectivity index (χ4v) is 2.98. The molecule has 5 heteroatoms. The Bertz CT molecular complexity index is 385. The lowest BCUT2D eigenvalue weighted by atomic mass is 10.0. The minimum absolute atomic E-state index is 0.474. The van der Waals surface area contributed by atoms with Crippen molar-refractivity contribution in [2.45, 2.75) is 38.0 Å². The van der Waals surface area contributed by atoms with Gasteiger partial charge in [-0.3, -0.25) is 0 Å². The number of ether oxygens (including phenoxy) is 1. The molecule has 0 saturated heterocycles. The molecule has 2 saturated carbocycles. The van der Waals surface area contributed by atoms with Crippen molar-refractivity contribution in [1.82, 2.24) is 10.2 Å². The number of methoxy groups -OCH3 is 1. The van der Waals surface area contributed by atoms with Crippen molar-refractivity contribution in [1.29, 1.82) is 0 Å². The molecule has 0 atom stereocenters. The third kappa shape index (κ3) is 2.77. The van der Waals surface area contributed by atoms with Crippen molar-refractivity contribution >= 4 is 16.5 Å². The maximum absolute atomic E-state index is 5.16. The van der Waals surface area contributed by atoms with Gasteiger partial charge in [0.05, 0.1) is 0 Å². The van der Waals surface area contributed by atoms with E-state index in [2.05, 4.69) is 15.5 Å². The van der Waals surface area contributed by atoms with E-state index in [-0.39, 0.29) is 0 Å². The van der Waals surface area contributed by atoms with Gasteiger partial charge in [-0.15, -0.1) is 10.2 Å². The second-order valence-corrected chi connectivity index (χ2v) is 6.33. The van der Waals surface area contributed by atoms with Gasteiger partial charge in [-0.2, -0.15) is 0 Å². The fourth-order valence-electron chi connectivity index (χ4n) is 2.07. The standard InChI is InChI=1S/C12H19N3OS/c1-16-7-6-12(4-5-12)8-13-11-15-14-10(17-11)9-2-3-9/h9H,2-8H2,1H3,(H,13,15). The minimum Gasteiger partial charge on any atom is -0.385 e. The minimum atomic E-state index is 0.474. The Balaban J connectivity index is 1.49. The second-order valence-electron chi connectivity index (χ2n) is 5.32. The molecule has 4 nitrogen and oxygen atoms in total. The van der Waals surface area contributed by atoms with Crippen LogP contribution >= 0.6 is 11.3 Å². The van der Waals surface area contributed by atoms with Crippen molar-refractivity contribution in [3.63, 3.8) is 0 Å². The summed E-state index contributed by atoms with van der Waals surface area (Å²) in [6, 6.07) is 0. The van der Waals surface area contributed by atoms with Crippen LogP contribution in [-0.2, 0) is 4.74 Å². The van der Waals surface area contributed by atoms with Crippen molar-refractivity contribution in [3.8, 4) is 0 Å². The normalized spacial score (nSPS) is 21.5. The Hall–Kier alpha value is -0.680. The van der Waals surface area contributed by atoms with Crippen LogP contribution in [0.3, 0.4) is 0 Å². The first-order valence-electron chi connectivity index (χ1n) is 6.38. The average Bonchev–Trinajstić information content (AvgIpc) is 3.26. The first-order valence-corrected chi connectivity index (χ1v) is 7.19. The predicted molar refractivity (Wildman–Crippen MR) is 68.5 cm³/mol. The zero-order valence-electron chi connectivity index (χ0n) is 10.2. The highest BCUT2D eigenvalue weighted by molar-refractivity contribution is 7.15. The van der Waals surface area contributed by atoms with Gasteiger partial charge in [-0.25, -0.2) is 0 Å². The first kappa shape index (κ1) is 11.4. The topological polar surface area (TPSA) is 47.0 Å². The first-order chi connectivity index (χ1) is 8.31. The lowest BCUT2D eigenvalue weighted by molar-refractivity contribution is 0.175. The summed E-state index contributed by atoms with van der Waals surface area (Å²) in [4.78, 5) is 0. The third-order valence-corrected chi connectivity index (χ3v) is 4.82. The van der Waals surface area contributed by atoms with Gasteiger partial charge < -0.3 is 10.1 Å². The van der Waals surface area contributed by atoms with E-state index in [1.54, 1.807) is 18.4 Å². The molecule has 2 aliphatic rings.